The van der Waals surface area contributed by atoms with Crippen molar-refractivity contribution < 1.29 is 9.59 Å². The Morgan fingerprint density at radius 2 is 1.68 bits per heavy atom. The summed E-state index contributed by atoms with van der Waals surface area (Å²) < 4.78 is 0. The van der Waals surface area contributed by atoms with Crippen LogP contribution < -0.4 is 16.4 Å². The third-order valence-electron chi connectivity index (χ3n) is 5.68. The first-order valence-electron chi connectivity index (χ1n) is 8.96. The van der Waals surface area contributed by atoms with Crippen molar-refractivity contribution in [1.82, 2.24) is 0 Å². The van der Waals surface area contributed by atoms with Gasteiger partial charge < -0.3 is 16.4 Å². The maximum Gasteiger partial charge on any atom is 0.230 e. The molecule has 2 atom stereocenters. The molecule has 4 N–H and O–H groups in total. The fourth-order valence-electron chi connectivity index (χ4n) is 4.41. The topological polar surface area (TPSA) is 89.4 Å². The standard InChI is InChI=1S/C19H27N3O2.ClH/c20-17(23)9-10-22(16-7-2-1-3-8-16)19(24)15-11-13-5-4-6-14(12-15)18(13)21;/h1-3,7-8,13-15,18H,4-6,9-12,21H2,(H2,20,23);1H. The molecule has 2 bridgehead atoms. The highest BCUT2D eigenvalue weighted by Crippen LogP contribution is 2.42. The van der Waals surface area contributed by atoms with E-state index in [-0.39, 0.29) is 42.6 Å². The van der Waals surface area contributed by atoms with Crippen LogP contribution in [0.1, 0.15) is 38.5 Å². The second kappa shape index (κ2) is 8.68. The third kappa shape index (κ3) is 4.53. The van der Waals surface area contributed by atoms with Gasteiger partial charge in [-0.3, -0.25) is 9.59 Å². The van der Waals surface area contributed by atoms with Gasteiger partial charge >= 0.3 is 0 Å². The summed E-state index contributed by atoms with van der Waals surface area (Å²) in [6, 6.07) is 9.81. The van der Waals surface area contributed by atoms with E-state index in [1.54, 1.807) is 4.90 Å². The zero-order chi connectivity index (χ0) is 17.1. The first-order chi connectivity index (χ1) is 11.6. The summed E-state index contributed by atoms with van der Waals surface area (Å²) >= 11 is 0. The number of anilines is 1. The zero-order valence-corrected chi connectivity index (χ0v) is 15.3. The van der Waals surface area contributed by atoms with Crippen LogP contribution in [0.4, 0.5) is 5.69 Å². The number of nitrogens with two attached hydrogens (primary N) is 2. The summed E-state index contributed by atoms with van der Waals surface area (Å²) in [6.45, 7) is 0.343. The Labute approximate surface area is 155 Å². The van der Waals surface area contributed by atoms with Crippen LogP contribution in [-0.4, -0.2) is 24.4 Å². The fraction of sp³-hybridized carbons (Fsp3) is 0.579. The van der Waals surface area contributed by atoms with Gasteiger partial charge in [-0.15, -0.1) is 12.4 Å². The number of rotatable bonds is 5. The molecule has 5 nitrogen and oxygen atoms in total. The van der Waals surface area contributed by atoms with Gasteiger partial charge in [0.2, 0.25) is 11.8 Å². The molecule has 0 heterocycles. The van der Waals surface area contributed by atoms with Crippen LogP contribution in [-0.2, 0) is 9.59 Å². The van der Waals surface area contributed by atoms with Gasteiger partial charge in [-0.1, -0.05) is 24.6 Å². The molecule has 0 radical (unpaired) electrons. The molecule has 6 heteroatoms. The quantitative estimate of drug-likeness (QED) is 0.839. The summed E-state index contributed by atoms with van der Waals surface area (Å²) in [5, 5.41) is 0. The lowest BCUT2D eigenvalue weighted by Gasteiger charge is -2.44. The summed E-state index contributed by atoms with van der Waals surface area (Å²) in [4.78, 5) is 26.1. The molecule has 2 fully saturated rings. The molecule has 0 saturated heterocycles. The summed E-state index contributed by atoms with van der Waals surface area (Å²) in [7, 11) is 0. The van der Waals surface area contributed by atoms with Gasteiger partial charge in [0.1, 0.15) is 0 Å². The Bertz CT molecular complexity index is 582. The Morgan fingerprint density at radius 1 is 1.08 bits per heavy atom. The van der Waals surface area contributed by atoms with Gasteiger partial charge in [0, 0.05) is 30.6 Å². The summed E-state index contributed by atoms with van der Waals surface area (Å²) in [5.41, 5.74) is 12.5. The van der Waals surface area contributed by atoms with E-state index in [1.165, 1.54) is 6.42 Å². The van der Waals surface area contributed by atoms with Gasteiger partial charge in [-0.25, -0.2) is 0 Å². The molecule has 2 aliphatic rings. The summed E-state index contributed by atoms with van der Waals surface area (Å²) in [6.07, 6.45) is 5.42. The molecular formula is C19H28ClN3O2. The molecule has 2 aliphatic carbocycles. The van der Waals surface area contributed by atoms with E-state index >= 15 is 0 Å². The van der Waals surface area contributed by atoms with Crippen molar-refractivity contribution in [2.24, 2.45) is 29.2 Å². The van der Waals surface area contributed by atoms with Crippen LogP contribution in [0.25, 0.3) is 0 Å². The van der Waals surface area contributed by atoms with E-state index < -0.39 is 0 Å². The molecule has 2 unspecified atom stereocenters. The van der Waals surface area contributed by atoms with E-state index in [2.05, 4.69) is 0 Å². The van der Waals surface area contributed by atoms with Crippen LogP contribution in [0, 0.1) is 17.8 Å². The number of carbonyl (C=O) groups is 2. The number of benzene rings is 1. The predicted molar refractivity (Wildman–Crippen MR) is 101 cm³/mol. The van der Waals surface area contributed by atoms with Gasteiger partial charge in [0.25, 0.3) is 0 Å². The molecule has 0 aromatic heterocycles. The lowest BCUT2D eigenvalue weighted by molar-refractivity contribution is -0.125. The van der Waals surface area contributed by atoms with E-state index in [0.717, 1.165) is 31.4 Å². The molecule has 0 spiro atoms. The van der Waals surface area contributed by atoms with Gasteiger partial charge in [0.05, 0.1) is 0 Å². The largest absolute Gasteiger partial charge is 0.370 e. The predicted octanol–water partition coefficient (Wildman–Crippen LogP) is 2.47. The Balaban J connectivity index is 0.00000225. The number of nitrogens with zero attached hydrogens (tertiary/aromatic N) is 1. The average Bonchev–Trinajstić information content (AvgIpc) is 2.55. The second-order valence-corrected chi connectivity index (χ2v) is 7.24. The first kappa shape index (κ1) is 19.7. The van der Waals surface area contributed by atoms with Crippen molar-refractivity contribution in [2.45, 2.75) is 44.6 Å². The Hall–Kier alpha value is -1.59. The van der Waals surface area contributed by atoms with E-state index in [9.17, 15) is 9.59 Å². The Morgan fingerprint density at radius 3 is 2.24 bits per heavy atom. The molecule has 2 saturated carbocycles. The number of halogens is 1. The maximum absolute atomic E-state index is 13.2. The van der Waals surface area contributed by atoms with Crippen LogP contribution in [0.3, 0.4) is 0 Å². The minimum absolute atomic E-state index is 0. The minimum atomic E-state index is -0.383. The molecule has 3 rings (SSSR count). The molecule has 2 amide bonds. The zero-order valence-electron chi connectivity index (χ0n) is 14.5. The van der Waals surface area contributed by atoms with Crippen LogP contribution in [0.2, 0.25) is 0 Å². The monoisotopic (exact) mass is 365 g/mol. The normalized spacial score (nSPS) is 27.9. The number of para-hydroxylation sites is 1. The van der Waals surface area contributed by atoms with Crippen LogP contribution in [0.15, 0.2) is 30.3 Å². The number of primary amides is 1. The van der Waals surface area contributed by atoms with E-state index in [4.69, 9.17) is 11.5 Å². The van der Waals surface area contributed by atoms with Crippen molar-refractivity contribution >= 4 is 29.9 Å². The highest BCUT2D eigenvalue weighted by Gasteiger charge is 2.41. The van der Waals surface area contributed by atoms with Gasteiger partial charge in [0.15, 0.2) is 0 Å². The van der Waals surface area contributed by atoms with Gasteiger partial charge in [-0.2, -0.15) is 0 Å². The smallest absolute Gasteiger partial charge is 0.230 e. The van der Waals surface area contributed by atoms with Crippen LogP contribution in [0.5, 0.6) is 0 Å². The van der Waals surface area contributed by atoms with E-state index in [1.807, 2.05) is 30.3 Å². The van der Waals surface area contributed by atoms with Crippen LogP contribution >= 0.6 is 12.4 Å². The van der Waals surface area contributed by atoms with Crippen molar-refractivity contribution in [3.63, 3.8) is 0 Å². The number of fused-ring (bicyclic) bond motifs is 2. The number of amides is 2. The highest BCUT2D eigenvalue weighted by atomic mass is 35.5. The highest BCUT2D eigenvalue weighted by molar-refractivity contribution is 5.95. The molecular weight excluding hydrogens is 338 g/mol. The lowest BCUT2D eigenvalue weighted by Crippen LogP contribution is -2.50. The SMILES string of the molecule is Cl.NC(=O)CCN(C(=O)C1CC2CCCC(C1)C2N)c1ccccc1. The summed E-state index contributed by atoms with van der Waals surface area (Å²) in [5.74, 6) is 0.658. The van der Waals surface area contributed by atoms with Crippen molar-refractivity contribution in [1.29, 1.82) is 0 Å². The third-order valence-corrected chi connectivity index (χ3v) is 5.68. The maximum atomic E-state index is 13.2. The lowest BCUT2D eigenvalue weighted by atomic mass is 9.65. The molecule has 138 valence electrons. The average molecular weight is 366 g/mol. The number of carbonyl (C=O) groups excluding carboxylic acids is 2. The van der Waals surface area contributed by atoms with Gasteiger partial charge in [-0.05, 0) is 49.7 Å². The minimum Gasteiger partial charge on any atom is -0.370 e. The second-order valence-electron chi connectivity index (χ2n) is 7.24. The fourth-order valence-corrected chi connectivity index (χ4v) is 4.41. The molecule has 1 aromatic carbocycles. The van der Waals surface area contributed by atoms with Crippen molar-refractivity contribution in [3.05, 3.63) is 30.3 Å². The van der Waals surface area contributed by atoms with Crippen molar-refractivity contribution in [3.8, 4) is 0 Å². The molecule has 1 aromatic rings. The first-order valence-corrected chi connectivity index (χ1v) is 8.96. The number of hydrogen-bond donors (Lipinski definition) is 2. The van der Waals surface area contributed by atoms with Crippen molar-refractivity contribution in [2.75, 3.05) is 11.4 Å². The Kier molecular flexibility index (Phi) is 6.85. The van der Waals surface area contributed by atoms with E-state index in [0.29, 0.717) is 18.4 Å². The molecule has 25 heavy (non-hydrogen) atoms. The molecule has 0 aliphatic heterocycles. The number of hydrogen-bond acceptors (Lipinski definition) is 3.